The van der Waals surface area contributed by atoms with Crippen molar-refractivity contribution in [1.29, 1.82) is 0 Å². The normalized spacial score (nSPS) is 21.4. The van der Waals surface area contributed by atoms with Gasteiger partial charge in [-0.15, -0.1) is 10.1 Å². The lowest BCUT2D eigenvalue weighted by Crippen LogP contribution is -2.23. The van der Waals surface area contributed by atoms with Crippen LogP contribution in [0.15, 0.2) is 66.7 Å². The molecule has 1 fully saturated rings. The van der Waals surface area contributed by atoms with E-state index in [1.165, 1.54) is 5.56 Å². The van der Waals surface area contributed by atoms with Gasteiger partial charge in [0.2, 0.25) is 0 Å². The Morgan fingerprint density at radius 1 is 0.975 bits per heavy atom. The number of rotatable bonds is 17. The van der Waals surface area contributed by atoms with Crippen LogP contribution in [0, 0.1) is 22.0 Å². The second kappa shape index (κ2) is 16.7. The Balaban J connectivity index is 1.32. The fourth-order valence-electron chi connectivity index (χ4n) is 5.32. The molecule has 2 aromatic carbocycles. The third kappa shape index (κ3) is 11.1. The second-order valence-corrected chi connectivity index (χ2v) is 10.5. The molecule has 0 amide bonds. The molecular formula is C31H41NO8. The molecule has 0 unspecified atom stereocenters. The number of carbonyl (C=O) groups excluding carboxylic acids is 1. The minimum absolute atomic E-state index is 0.0504. The Hall–Kier alpha value is -3.27. The lowest BCUT2D eigenvalue weighted by Gasteiger charge is -2.23. The number of esters is 1. The largest absolute Gasteiger partial charge is 0.461 e. The quantitative estimate of drug-likeness (QED) is 0.0840. The number of carbonyl (C=O) groups is 1. The van der Waals surface area contributed by atoms with E-state index in [1.54, 1.807) is 24.3 Å². The summed E-state index contributed by atoms with van der Waals surface area (Å²) in [6.45, 7) is -0.0688. The molecule has 0 bridgehead atoms. The van der Waals surface area contributed by atoms with Crippen molar-refractivity contribution >= 4 is 5.97 Å². The van der Waals surface area contributed by atoms with Gasteiger partial charge < -0.3 is 24.9 Å². The van der Waals surface area contributed by atoms with Crippen LogP contribution in [0.25, 0.3) is 0 Å². The SMILES string of the molecule is O=C(CCC/C=C\C[C@@H]1[C@@H](CC[C@@H](O)CCc2ccccc2)[C@H](O)C[C@@H]1O)OCc1cccc(CO[N+](=O)[O-])c1. The zero-order chi connectivity index (χ0) is 28.7. The first-order chi connectivity index (χ1) is 19.3. The number of nitrogens with zero attached hydrogens (tertiary/aromatic N) is 1. The Kier molecular flexibility index (Phi) is 13.1. The topological polar surface area (TPSA) is 139 Å². The summed E-state index contributed by atoms with van der Waals surface area (Å²) in [5.41, 5.74) is 2.55. The van der Waals surface area contributed by atoms with Gasteiger partial charge in [0.1, 0.15) is 13.2 Å². The van der Waals surface area contributed by atoms with Crippen molar-refractivity contribution in [3.8, 4) is 0 Å². The van der Waals surface area contributed by atoms with Crippen LogP contribution in [0.1, 0.15) is 68.1 Å². The fraction of sp³-hybridized carbons (Fsp3) is 0.516. The maximum Gasteiger partial charge on any atom is 0.306 e. The van der Waals surface area contributed by atoms with Gasteiger partial charge in [-0.2, -0.15) is 0 Å². The van der Waals surface area contributed by atoms with Gasteiger partial charge in [0.25, 0.3) is 5.09 Å². The Morgan fingerprint density at radius 3 is 2.42 bits per heavy atom. The number of aliphatic hydroxyl groups is 3. The number of aliphatic hydroxyl groups excluding tert-OH is 3. The number of aryl methyl sites for hydroxylation is 1. The molecular weight excluding hydrogens is 514 g/mol. The lowest BCUT2D eigenvalue weighted by molar-refractivity contribution is -0.763. The third-order valence-corrected chi connectivity index (χ3v) is 7.52. The van der Waals surface area contributed by atoms with E-state index in [-0.39, 0.29) is 37.4 Å². The molecule has 5 atom stereocenters. The standard InChI is InChI=1S/C31H41NO8/c33-26(16-15-23-9-4-3-5-10-23)17-18-28-27(29(34)20-30(28)35)13-6-1-2-7-14-31(36)39-21-24-11-8-12-25(19-24)22-40-32(37)38/h1,3-6,8-12,19,26-30,33-35H,2,7,13-18,20-22H2/b6-1-/t26-,27+,28+,29-,30+/m0/s1. The molecule has 0 aliphatic heterocycles. The van der Waals surface area contributed by atoms with E-state index >= 15 is 0 Å². The summed E-state index contributed by atoms with van der Waals surface area (Å²) < 4.78 is 5.31. The fourth-order valence-corrected chi connectivity index (χ4v) is 5.32. The minimum atomic E-state index is -0.848. The first-order valence-electron chi connectivity index (χ1n) is 14.1. The first-order valence-corrected chi connectivity index (χ1v) is 14.1. The number of benzene rings is 2. The minimum Gasteiger partial charge on any atom is -0.461 e. The predicted octanol–water partition coefficient (Wildman–Crippen LogP) is 4.69. The third-order valence-electron chi connectivity index (χ3n) is 7.52. The molecule has 0 radical (unpaired) electrons. The number of hydrogen-bond donors (Lipinski definition) is 3. The number of ether oxygens (including phenoxy) is 1. The summed E-state index contributed by atoms with van der Waals surface area (Å²) in [5, 5.41) is 40.9. The highest BCUT2D eigenvalue weighted by molar-refractivity contribution is 5.69. The molecule has 3 rings (SSSR count). The van der Waals surface area contributed by atoms with Gasteiger partial charge in [-0.05, 0) is 79.9 Å². The van der Waals surface area contributed by atoms with Crippen LogP contribution in [0.4, 0.5) is 0 Å². The van der Waals surface area contributed by atoms with Crippen molar-refractivity contribution in [1.82, 2.24) is 0 Å². The van der Waals surface area contributed by atoms with E-state index in [9.17, 15) is 30.2 Å². The van der Waals surface area contributed by atoms with Crippen molar-refractivity contribution in [2.45, 2.75) is 89.3 Å². The summed E-state index contributed by atoms with van der Waals surface area (Å²) in [7, 11) is 0. The highest BCUT2D eigenvalue weighted by Crippen LogP contribution is 2.38. The Morgan fingerprint density at radius 2 is 1.68 bits per heavy atom. The number of unbranched alkanes of at least 4 members (excludes halogenated alkanes) is 1. The van der Waals surface area contributed by atoms with Crippen LogP contribution in [-0.4, -0.2) is 44.7 Å². The van der Waals surface area contributed by atoms with Crippen LogP contribution < -0.4 is 0 Å². The van der Waals surface area contributed by atoms with E-state index in [1.807, 2.05) is 30.4 Å². The second-order valence-electron chi connectivity index (χ2n) is 10.5. The molecule has 1 saturated carbocycles. The number of hydrogen-bond acceptors (Lipinski definition) is 8. The average molecular weight is 556 g/mol. The monoisotopic (exact) mass is 555 g/mol. The first kappa shape index (κ1) is 31.3. The van der Waals surface area contributed by atoms with Gasteiger partial charge in [0.05, 0.1) is 18.3 Å². The summed E-state index contributed by atoms with van der Waals surface area (Å²) in [6.07, 6.45) is 7.78. The van der Waals surface area contributed by atoms with E-state index in [4.69, 9.17) is 4.74 Å². The van der Waals surface area contributed by atoms with Gasteiger partial charge in [0, 0.05) is 6.42 Å². The van der Waals surface area contributed by atoms with Crippen molar-refractivity contribution in [3.63, 3.8) is 0 Å². The lowest BCUT2D eigenvalue weighted by atomic mass is 9.85. The molecule has 1 aliphatic rings. The molecule has 0 heterocycles. The average Bonchev–Trinajstić information content (AvgIpc) is 3.22. The molecule has 9 nitrogen and oxygen atoms in total. The molecule has 0 aromatic heterocycles. The summed E-state index contributed by atoms with van der Waals surface area (Å²) in [6, 6.07) is 17.0. The van der Waals surface area contributed by atoms with Crippen LogP contribution in [0.5, 0.6) is 0 Å². The molecule has 0 spiro atoms. The highest BCUT2D eigenvalue weighted by atomic mass is 16.9. The van der Waals surface area contributed by atoms with Crippen molar-refractivity contribution < 1.29 is 34.8 Å². The van der Waals surface area contributed by atoms with Gasteiger partial charge in [-0.25, -0.2) is 0 Å². The summed E-state index contributed by atoms with van der Waals surface area (Å²) >= 11 is 0. The molecule has 2 aromatic rings. The maximum absolute atomic E-state index is 12.1. The smallest absolute Gasteiger partial charge is 0.306 e. The van der Waals surface area contributed by atoms with E-state index < -0.39 is 23.4 Å². The highest BCUT2D eigenvalue weighted by Gasteiger charge is 2.40. The van der Waals surface area contributed by atoms with Crippen LogP contribution in [0.2, 0.25) is 0 Å². The van der Waals surface area contributed by atoms with Crippen LogP contribution in [-0.2, 0) is 34.0 Å². The maximum atomic E-state index is 12.1. The molecule has 9 heteroatoms. The van der Waals surface area contributed by atoms with E-state index in [2.05, 4.69) is 17.0 Å². The molecule has 0 saturated heterocycles. The van der Waals surface area contributed by atoms with Gasteiger partial charge >= 0.3 is 5.97 Å². The molecule has 1 aliphatic carbocycles. The van der Waals surface area contributed by atoms with Crippen molar-refractivity contribution in [2.75, 3.05) is 0 Å². The Labute approximate surface area is 235 Å². The molecule has 3 N–H and O–H groups in total. The van der Waals surface area contributed by atoms with Gasteiger partial charge in [-0.1, -0.05) is 66.7 Å². The molecule has 218 valence electrons. The van der Waals surface area contributed by atoms with E-state index in [0.717, 1.165) is 12.0 Å². The summed E-state index contributed by atoms with van der Waals surface area (Å²) in [4.78, 5) is 26.8. The van der Waals surface area contributed by atoms with Crippen molar-refractivity contribution in [3.05, 3.63) is 93.6 Å². The number of allylic oxidation sites excluding steroid dienone is 2. The zero-order valence-corrected chi connectivity index (χ0v) is 22.8. The van der Waals surface area contributed by atoms with Gasteiger partial charge in [0.15, 0.2) is 0 Å². The zero-order valence-electron chi connectivity index (χ0n) is 22.8. The predicted molar refractivity (Wildman–Crippen MR) is 149 cm³/mol. The van der Waals surface area contributed by atoms with Crippen molar-refractivity contribution in [2.24, 2.45) is 11.8 Å². The summed E-state index contributed by atoms with van der Waals surface area (Å²) in [5.74, 6) is -0.421. The Bertz CT molecular complexity index is 1080. The van der Waals surface area contributed by atoms with Crippen LogP contribution >= 0.6 is 0 Å². The van der Waals surface area contributed by atoms with Gasteiger partial charge in [-0.3, -0.25) is 4.79 Å². The van der Waals surface area contributed by atoms with Crippen LogP contribution in [0.3, 0.4) is 0 Å². The molecule has 40 heavy (non-hydrogen) atoms. The van der Waals surface area contributed by atoms with E-state index in [0.29, 0.717) is 50.5 Å².